The molecule has 0 unspecified atom stereocenters. The molecule has 0 aliphatic rings. The smallest absolute Gasteiger partial charge is 0.223 e. The fourth-order valence-electron chi connectivity index (χ4n) is 1.67. The molecule has 0 aromatic heterocycles. The Hall–Kier alpha value is -1.22. The minimum absolute atomic E-state index is 0.0634. The number of carbonyl (C=O) groups is 1. The first-order chi connectivity index (χ1) is 8.08. The van der Waals surface area contributed by atoms with Gasteiger partial charge in [0.1, 0.15) is 5.75 Å². The first kappa shape index (κ1) is 13.8. The van der Waals surface area contributed by atoms with Crippen molar-refractivity contribution in [1.82, 2.24) is 4.90 Å². The molecular formula is C13H18ClNO2. The fourth-order valence-corrected chi connectivity index (χ4v) is 1.83. The lowest BCUT2D eigenvalue weighted by atomic mass is 10.1. The summed E-state index contributed by atoms with van der Waals surface area (Å²) in [6.45, 7) is 2.59. The van der Waals surface area contributed by atoms with Gasteiger partial charge in [-0.2, -0.15) is 0 Å². The summed E-state index contributed by atoms with van der Waals surface area (Å²) < 4.78 is 5.19. The Kier molecular flexibility index (Phi) is 5.29. The number of aryl methyl sites for hydroxylation is 1. The Bertz CT molecular complexity index is 393. The maximum Gasteiger partial charge on any atom is 0.223 e. The van der Waals surface area contributed by atoms with Crippen LogP contribution in [0.4, 0.5) is 0 Å². The van der Waals surface area contributed by atoms with Crippen molar-refractivity contribution in [3.8, 4) is 5.75 Å². The van der Waals surface area contributed by atoms with E-state index < -0.39 is 0 Å². The number of hydrogen-bond donors (Lipinski definition) is 0. The first-order valence-electron chi connectivity index (χ1n) is 5.52. The number of benzene rings is 1. The van der Waals surface area contributed by atoms with Crippen LogP contribution in [0.15, 0.2) is 18.2 Å². The fraction of sp³-hybridized carbons (Fsp3) is 0.462. The summed E-state index contributed by atoms with van der Waals surface area (Å²) in [6, 6.07) is 5.92. The molecule has 0 aliphatic carbocycles. The highest BCUT2D eigenvalue weighted by atomic mass is 35.5. The quantitative estimate of drug-likeness (QED) is 0.757. The molecule has 0 heterocycles. The van der Waals surface area contributed by atoms with E-state index in [0.717, 1.165) is 16.9 Å². The summed E-state index contributed by atoms with van der Waals surface area (Å²) in [5.74, 6) is 1.29. The number of hydrogen-bond acceptors (Lipinski definition) is 2. The van der Waals surface area contributed by atoms with Crippen LogP contribution in [0, 0.1) is 6.92 Å². The molecule has 1 rings (SSSR count). The van der Waals surface area contributed by atoms with Gasteiger partial charge in [0, 0.05) is 25.9 Å². The Balaban J connectivity index is 2.68. The third-order valence-electron chi connectivity index (χ3n) is 2.61. The molecule has 94 valence electrons. The SMILES string of the molecule is COc1ccc(CN(C)C(=O)CCCl)cc1C. The standard InChI is InChI=1S/C13H18ClNO2/c1-10-8-11(4-5-12(10)17-3)9-15(2)13(16)6-7-14/h4-5,8H,6-7,9H2,1-3H3. The normalized spacial score (nSPS) is 10.1. The van der Waals surface area contributed by atoms with Crippen LogP contribution >= 0.6 is 11.6 Å². The molecule has 4 heteroatoms. The number of ether oxygens (including phenoxy) is 1. The van der Waals surface area contributed by atoms with E-state index in [1.165, 1.54) is 0 Å². The van der Waals surface area contributed by atoms with Gasteiger partial charge in [-0.1, -0.05) is 12.1 Å². The zero-order chi connectivity index (χ0) is 12.8. The second kappa shape index (κ2) is 6.50. The third kappa shape index (κ3) is 3.93. The van der Waals surface area contributed by atoms with E-state index in [0.29, 0.717) is 18.8 Å². The molecular weight excluding hydrogens is 238 g/mol. The van der Waals surface area contributed by atoms with Gasteiger partial charge in [-0.15, -0.1) is 11.6 Å². The molecule has 0 atom stereocenters. The number of alkyl halides is 1. The molecule has 0 radical (unpaired) electrons. The van der Waals surface area contributed by atoms with Crippen LogP contribution in [-0.4, -0.2) is 30.8 Å². The molecule has 0 fully saturated rings. The second-order valence-corrected chi connectivity index (χ2v) is 4.37. The Morgan fingerprint density at radius 3 is 2.71 bits per heavy atom. The zero-order valence-electron chi connectivity index (χ0n) is 10.5. The average Bonchev–Trinajstić information content (AvgIpc) is 2.29. The molecule has 0 spiro atoms. The van der Waals surface area contributed by atoms with E-state index in [1.807, 2.05) is 25.1 Å². The van der Waals surface area contributed by atoms with E-state index in [1.54, 1.807) is 19.1 Å². The maximum atomic E-state index is 11.6. The van der Waals surface area contributed by atoms with Crippen LogP contribution in [0.25, 0.3) is 0 Å². The van der Waals surface area contributed by atoms with E-state index >= 15 is 0 Å². The lowest BCUT2D eigenvalue weighted by Gasteiger charge is -2.17. The van der Waals surface area contributed by atoms with Crippen molar-refractivity contribution in [3.63, 3.8) is 0 Å². The van der Waals surface area contributed by atoms with Crippen molar-refractivity contribution >= 4 is 17.5 Å². The van der Waals surface area contributed by atoms with Crippen molar-refractivity contribution in [2.45, 2.75) is 19.9 Å². The molecule has 1 aromatic carbocycles. The van der Waals surface area contributed by atoms with Gasteiger partial charge < -0.3 is 9.64 Å². The van der Waals surface area contributed by atoms with Crippen LogP contribution in [0.2, 0.25) is 0 Å². The second-order valence-electron chi connectivity index (χ2n) is 3.99. The van der Waals surface area contributed by atoms with Crippen molar-refractivity contribution in [2.75, 3.05) is 20.0 Å². The van der Waals surface area contributed by atoms with Gasteiger partial charge in [0.25, 0.3) is 0 Å². The van der Waals surface area contributed by atoms with Gasteiger partial charge in [-0.3, -0.25) is 4.79 Å². The predicted octanol–water partition coefficient (Wildman–Crippen LogP) is 2.59. The molecule has 1 aromatic rings. The van der Waals surface area contributed by atoms with E-state index in [2.05, 4.69) is 0 Å². The molecule has 1 amide bonds. The third-order valence-corrected chi connectivity index (χ3v) is 2.80. The highest BCUT2D eigenvalue weighted by Gasteiger charge is 2.09. The lowest BCUT2D eigenvalue weighted by molar-refractivity contribution is -0.129. The summed E-state index contributed by atoms with van der Waals surface area (Å²) >= 11 is 5.54. The lowest BCUT2D eigenvalue weighted by Crippen LogP contribution is -2.26. The molecule has 0 saturated carbocycles. The summed E-state index contributed by atoms with van der Waals surface area (Å²) in [5, 5.41) is 0. The average molecular weight is 256 g/mol. The highest BCUT2D eigenvalue weighted by Crippen LogP contribution is 2.19. The van der Waals surface area contributed by atoms with Crippen molar-refractivity contribution in [1.29, 1.82) is 0 Å². The molecule has 0 saturated heterocycles. The topological polar surface area (TPSA) is 29.5 Å². The van der Waals surface area contributed by atoms with Gasteiger partial charge in [0.05, 0.1) is 7.11 Å². The Morgan fingerprint density at radius 1 is 1.47 bits per heavy atom. The molecule has 3 nitrogen and oxygen atoms in total. The zero-order valence-corrected chi connectivity index (χ0v) is 11.3. The number of halogens is 1. The van der Waals surface area contributed by atoms with Crippen molar-refractivity contribution in [3.05, 3.63) is 29.3 Å². The monoisotopic (exact) mass is 255 g/mol. The van der Waals surface area contributed by atoms with E-state index in [9.17, 15) is 4.79 Å². The van der Waals surface area contributed by atoms with Gasteiger partial charge in [0.15, 0.2) is 0 Å². The Morgan fingerprint density at radius 2 is 2.18 bits per heavy atom. The number of amides is 1. The summed E-state index contributed by atoms with van der Waals surface area (Å²) in [7, 11) is 3.44. The minimum atomic E-state index is 0.0634. The summed E-state index contributed by atoms with van der Waals surface area (Å²) in [5.41, 5.74) is 2.16. The first-order valence-corrected chi connectivity index (χ1v) is 6.05. The van der Waals surface area contributed by atoms with Gasteiger partial charge in [-0.05, 0) is 24.1 Å². The van der Waals surface area contributed by atoms with Crippen LogP contribution in [-0.2, 0) is 11.3 Å². The number of rotatable bonds is 5. The van der Waals surface area contributed by atoms with Crippen LogP contribution < -0.4 is 4.74 Å². The Labute approximate surface area is 107 Å². The minimum Gasteiger partial charge on any atom is -0.496 e. The maximum absolute atomic E-state index is 11.6. The van der Waals surface area contributed by atoms with Crippen molar-refractivity contribution in [2.24, 2.45) is 0 Å². The van der Waals surface area contributed by atoms with Gasteiger partial charge >= 0.3 is 0 Å². The van der Waals surface area contributed by atoms with Crippen LogP contribution in [0.1, 0.15) is 17.5 Å². The molecule has 0 bridgehead atoms. The predicted molar refractivity (Wildman–Crippen MR) is 69.5 cm³/mol. The van der Waals surface area contributed by atoms with Gasteiger partial charge in [0.2, 0.25) is 5.91 Å². The van der Waals surface area contributed by atoms with Crippen LogP contribution in [0.5, 0.6) is 5.75 Å². The van der Waals surface area contributed by atoms with E-state index in [4.69, 9.17) is 16.3 Å². The van der Waals surface area contributed by atoms with E-state index in [-0.39, 0.29) is 5.91 Å². The summed E-state index contributed by atoms with van der Waals surface area (Å²) in [6.07, 6.45) is 0.382. The highest BCUT2D eigenvalue weighted by molar-refractivity contribution is 6.18. The summed E-state index contributed by atoms with van der Waals surface area (Å²) in [4.78, 5) is 13.3. The van der Waals surface area contributed by atoms with Crippen molar-refractivity contribution < 1.29 is 9.53 Å². The van der Waals surface area contributed by atoms with Crippen LogP contribution in [0.3, 0.4) is 0 Å². The number of carbonyl (C=O) groups excluding carboxylic acids is 1. The molecule has 0 N–H and O–H groups in total. The molecule has 0 aliphatic heterocycles. The van der Waals surface area contributed by atoms with Gasteiger partial charge in [-0.25, -0.2) is 0 Å². The number of nitrogens with zero attached hydrogens (tertiary/aromatic N) is 1. The number of methoxy groups -OCH3 is 1. The largest absolute Gasteiger partial charge is 0.496 e. The molecule has 17 heavy (non-hydrogen) atoms.